The largest absolute Gasteiger partial charge is 0.508 e. The van der Waals surface area contributed by atoms with Crippen LogP contribution in [0.3, 0.4) is 0 Å². The molecule has 14 N–H and O–H groups in total. The number of hydrogen-bond donors (Lipinski definition) is 14. The van der Waals surface area contributed by atoms with E-state index in [0.717, 1.165) is 16.7 Å². The predicted octanol–water partition coefficient (Wildman–Crippen LogP) is 8.78. The van der Waals surface area contributed by atoms with Gasteiger partial charge in [0.2, 0.25) is 47.3 Å². The van der Waals surface area contributed by atoms with Gasteiger partial charge in [0.15, 0.2) is 0 Å². The number of aromatic hydroxyl groups is 3. The molecule has 32 nitrogen and oxygen atoms in total. The average Bonchev–Trinajstić information content (AvgIpc) is 0.797. The highest BCUT2D eigenvalue weighted by atomic mass is 16.5. The zero-order valence-corrected chi connectivity index (χ0v) is 79.7. The number of nitrogens with one attached hydrogen (secondary N) is 8. The Morgan fingerprint density at radius 1 is 0.376 bits per heavy atom. The van der Waals surface area contributed by atoms with E-state index < -0.39 is 147 Å². The van der Waals surface area contributed by atoms with Gasteiger partial charge >= 0.3 is 29.8 Å². The molecule has 3 aromatic carbocycles. The van der Waals surface area contributed by atoms with Crippen molar-refractivity contribution in [3.8, 4) is 17.2 Å². The molecule has 125 heavy (non-hydrogen) atoms. The number of amides is 8. The number of methoxy groups -OCH3 is 2. The molecular weight excluding hydrogens is 1610 g/mol. The number of likely N-dealkylation sites (N-methyl/N-ethyl adjacent to an activating group) is 6. The maximum atomic E-state index is 14.1. The summed E-state index contributed by atoms with van der Waals surface area (Å²) < 4.78 is 9.42. The molecule has 0 radical (unpaired) electrons. The number of carboxylic acid groups (broad SMARTS) is 3. The lowest BCUT2D eigenvalue weighted by molar-refractivity contribution is -0.146. The van der Waals surface area contributed by atoms with Crippen molar-refractivity contribution < 1.29 is 102 Å². The van der Waals surface area contributed by atoms with Crippen LogP contribution in [0.25, 0.3) is 0 Å². The maximum Gasteiger partial charge on any atom is 0.331 e. The molecule has 700 valence electrons. The number of nitrogens with zero attached hydrogens (tertiary/aromatic N) is 3. The van der Waals surface area contributed by atoms with Gasteiger partial charge in [0.05, 0.1) is 50.5 Å². The standard InChI is InChI=1S/C34H54N4O8.C32H50N4O8.C27H43N3O5/c1-20(2)25(19-21(3)29(41)36-24(32(44)46-12)17-18-26(40)45-11)38(10)31(43)28(33(4,5)6)37-30(42)27(35-9)34(7,8)22-13-15-23(39)16-14-22;1-18(2)23(17-19(3)27(40)34-22(30(43)44)15-16-24(38)39)36(10)29(42)26(31(4,5)6)35-28(41)25(33-9)32(7,8)20-11-13-21(37)14-12-20;1-16(2)20(15-17(3)25(34)35)30(10)24(33)22(26(4,5)6)29-23(32)21(28-9)27(7,8)18-11-13-19(31)14-12-18/h13-16,19-20,24-25,27-28,35,39H,17-18H2,1-12H3,(H,36,41)(H,37,42);11-14,17-18,22-23,25-26,33,37H,15-16H2,1-10H3,(H,34,40)(H,35,41)(H,38,39)(H,43,44);11-16,20-22,28,31H,1-10H3,(H,29,32)(H,34,35)/b21-19+;19-17+;17-15+/t24-,25-,27?,28-;22-,23-,25?,26-;20-,21?,22-/m111/s1. The quantitative estimate of drug-likeness (QED) is 0.0187. The Labute approximate surface area is 740 Å². The number of carbonyl (C=O) groups excluding carboxylic acids is 10. The summed E-state index contributed by atoms with van der Waals surface area (Å²) in [4.78, 5) is 171. The lowest BCUT2D eigenvalue weighted by atomic mass is 9.76. The molecule has 0 aliphatic rings. The molecule has 0 aliphatic carbocycles. The fraction of sp³-hybridized carbons (Fsp3) is 0.602. The Morgan fingerprint density at radius 3 is 0.848 bits per heavy atom. The molecule has 3 rings (SSSR count). The van der Waals surface area contributed by atoms with Gasteiger partial charge in [-0.25, -0.2) is 14.4 Å². The van der Waals surface area contributed by atoms with E-state index in [9.17, 15) is 87.9 Å². The first-order valence-electron chi connectivity index (χ1n) is 41.9. The molecule has 0 saturated carbocycles. The van der Waals surface area contributed by atoms with Gasteiger partial charge in [-0.2, -0.15) is 0 Å². The van der Waals surface area contributed by atoms with Crippen LogP contribution in [-0.2, 0) is 88.0 Å². The predicted molar refractivity (Wildman–Crippen MR) is 481 cm³/mol. The summed E-state index contributed by atoms with van der Waals surface area (Å²) in [5.74, 6) is -8.08. The summed E-state index contributed by atoms with van der Waals surface area (Å²) in [5, 5.41) is 79.8. The first kappa shape index (κ1) is 112. The molecule has 3 aromatic rings. The number of phenols is 3. The zero-order valence-electron chi connectivity index (χ0n) is 79.7. The summed E-state index contributed by atoms with van der Waals surface area (Å²) in [7, 11) is 12.3. The Kier molecular flexibility index (Phi) is 43.7. The third kappa shape index (κ3) is 33.3. The number of ether oxygens (including phenoxy) is 2. The van der Waals surface area contributed by atoms with Crippen LogP contribution in [-0.4, -0.2) is 245 Å². The second kappa shape index (κ2) is 48.7. The van der Waals surface area contributed by atoms with Crippen LogP contribution < -0.4 is 42.5 Å². The topological polar surface area (TPSA) is 468 Å². The summed E-state index contributed by atoms with van der Waals surface area (Å²) >= 11 is 0. The molecule has 3 unspecified atom stereocenters. The number of benzene rings is 3. The van der Waals surface area contributed by atoms with Crippen LogP contribution in [0.15, 0.2) is 108 Å². The van der Waals surface area contributed by atoms with Crippen molar-refractivity contribution in [1.82, 2.24) is 57.2 Å². The van der Waals surface area contributed by atoms with Gasteiger partial charge in [0.25, 0.3) is 0 Å². The van der Waals surface area contributed by atoms with E-state index in [0.29, 0.717) is 0 Å². The van der Waals surface area contributed by atoms with E-state index >= 15 is 0 Å². The SMILES string of the molecule is CNC(C(=O)N[C@H](C(=O)N(C)[C@H](/C=C(\C)C(=O)N[C@H](CCC(=O)O)C(=O)O)C(C)C)C(C)(C)C)C(C)(C)c1ccc(O)cc1.CNC(C(=O)N[C@H](C(=O)N(C)[C@H](/C=C(\C)C(=O)N[C@H](CCC(=O)OC)C(=O)OC)C(C)C)C(C)(C)C)C(C)(C)c1ccc(O)cc1.CNC(C(=O)N[C@H](C(=O)N(C)[C@H](/C=C(\C)C(=O)O)C(C)C)C(C)(C)C)C(C)(C)c1ccc(O)cc1. The minimum absolute atomic E-state index is 0.00547. The smallest absolute Gasteiger partial charge is 0.331 e. The fourth-order valence-corrected chi connectivity index (χ4v) is 14.4. The number of aliphatic carboxylic acids is 3. The van der Waals surface area contributed by atoms with Gasteiger partial charge < -0.3 is 97.3 Å². The average molecular weight is 1760 g/mol. The van der Waals surface area contributed by atoms with Crippen molar-refractivity contribution in [3.05, 3.63) is 124 Å². The van der Waals surface area contributed by atoms with E-state index in [4.69, 9.17) is 9.84 Å². The van der Waals surface area contributed by atoms with Crippen LogP contribution in [0.5, 0.6) is 17.2 Å². The van der Waals surface area contributed by atoms with Gasteiger partial charge in [-0.3, -0.25) is 47.9 Å². The minimum Gasteiger partial charge on any atom is -0.508 e. The fourth-order valence-electron chi connectivity index (χ4n) is 14.4. The molecule has 8 amide bonds. The molecule has 0 saturated heterocycles. The number of carboxylic acids is 3. The van der Waals surface area contributed by atoms with Crippen LogP contribution in [0.4, 0.5) is 0 Å². The van der Waals surface area contributed by atoms with E-state index in [1.807, 2.05) is 145 Å². The second-order valence-electron chi connectivity index (χ2n) is 37.8. The summed E-state index contributed by atoms with van der Waals surface area (Å²) in [6, 6.07) is 11.1. The summed E-state index contributed by atoms with van der Waals surface area (Å²) in [5.41, 5.74) is -0.958. The van der Waals surface area contributed by atoms with Gasteiger partial charge in [-0.05, 0) is 142 Å². The molecule has 0 aliphatic heterocycles. The lowest BCUT2D eigenvalue weighted by Crippen LogP contribution is -2.61. The Hall–Kier alpha value is -10.7. The summed E-state index contributed by atoms with van der Waals surface area (Å²) in [6.07, 6.45) is 4.00. The van der Waals surface area contributed by atoms with E-state index in [2.05, 4.69) is 47.3 Å². The van der Waals surface area contributed by atoms with E-state index in [1.165, 1.54) is 42.8 Å². The number of esters is 2. The number of carbonyl (C=O) groups is 13. The highest BCUT2D eigenvalue weighted by Crippen LogP contribution is 2.35. The third-order valence-electron chi connectivity index (χ3n) is 22.5. The van der Waals surface area contributed by atoms with Gasteiger partial charge in [-0.15, -0.1) is 0 Å². The monoisotopic (exact) mass is 1750 g/mol. The summed E-state index contributed by atoms with van der Waals surface area (Å²) in [6.45, 7) is 44.2. The molecule has 0 fully saturated rings. The van der Waals surface area contributed by atoms with Crippen molar-refractivity contribution in [1.29, 1.82) is 0 Å². The van der Waals surface area contributed by atoms with Crippen LogP contribution in [0.1, 0.15) is 209 Å². The minimum atomic E-state index is -1.38. The number of rotatable bonds is 40. The molecular formula is C93H147N11O21. The van der Waals surface area contributed by atoms with Crippen LogP contribution >= 0.6 is 0 Å². The highest BCUT2D eigenvalue weighted by molar-refractivity contribution is 5.98. The van der Waals surface area contributed by atoms with Crippen LogP contribution in [0, 0.1) is 34.0 Å². The van der Waals surface area contributed by atoms with Gasteiger partial charge in [0.1, 0.15) is 47.5 Å². The third-order valence-corrected chi connectivity index (χ3v) is 22.5. The molecule has 32 heteroatoms. The normalized spacial score (nSPS) is 15.1. The van der Waals surface area contributed by atoms with E-state index in [1.54, 1.807) is 140 Å². The number of phenolic OH excluding ortho intramolecular Hbond substituents is 3. The molecule has 0 heterocycles. The Bertz CT molecular complexity index is 4240. The highest BCUT2D eigenvalue weighted by Gasteiger charge is 2.46. The Balaban J connectivity index is 0.000000946. The molecule has 0 aromatic heterocycles. The van der Waals surface area contributed by atoms with Crippen molar-refractivity contribution in [3.63, 3.8) is 0 Å². The van der Waals surface area contributed by atoms with Gasteiger partial charge in [-0.1, -0.05) is 200 Å². The van der Waals surface area contributed by atoms with Crippen molar-refractivity contribution in [2.24, 2.45) is 34.0 Å². The van der Waals surface area contributed by atoms with Crippen LogP contribution in [0.2, 0.25) is 0 Å². The second-order valence-corrected chi connectivity index (χ2v) is 37.8. The molecule has 0 bridgehead atoms. The van der Waals surface area contributed by atoms with Crippen molar-refractivity contribution in [2.75, 3.05) is 56.5 Å². The lowest BCUT2D eigenvalue weighted by Gasteiger charge is -2.40. The van der Waals surface area contributed by atoms with Crippen molar-refractivity contribution in [2.45, 2.75) is 275 Å². The maximum absolute atomic E-state index is 14.1. The zero-order chi connectivity index (χ0) is 97.0. The van der Waals surface area contributed by atoms with E-state index in [-0.39, 0.29) is 106 Å². The van der Waals surface area contributed by atoms with Gasteiger partial charge in [0, 0.05) is 66.9 Å². The van der Waals surface area contributed by atoms with Crippen molar-refractivity contribution >= 4 is 77.1 Å². The molecule has 0 spiro atoms. The molecule has 11 atom stereocenters. The number of hydrogen-bond acceptors (Lipinski definition) is 21. The first-order chi connectivity index (χ1) is 57.3. The first-order valence-corrected chi connectivity index (χ1v) is 41.9. The Morgan fingerprint density at radius 2 is 0.632 bits per heavy atom.